The van der Waals surface area contributed by atoms with E-state index >= 15 is 0 Å². The molecular formula is C12H13BrClNO2. The Morgan fingerprint density at radius 1 is 1.53 bits per heavy atom. The predicted octanol–water partition coefficient (Wildman–Crippen LogP) is 3.47. The summed E-state index contributed by atoms with van der Waals surface area (Å²) in [6, 6.07) is 5.46. The molecule has 0 radical (unpaired) electrons. The third-order valence-electron chi connectivity index (χ3n) is 2.74. The second-order valence-electron chi connectivity index (χ2n) is 4.00. The summed E-state index contributed by atoms with van der Waals surface area (Å²) in [6.07, 6.45) is 1.81. The summed E-state index contributed by atoms with van der Waals surface area (Å²) in [5, 5.41) is 3.37. The van der Waals surface area contributed by atoms with E-state index in [1.165, 1.54) is 0 Å². The monoisotopic (exact) mass is 317 g/mol. The molecule has 1 aromatic rings. The largest absolute Gasteiger partial charge is 0.381 e. The first-order valence-corrected chi connectivity index (χ1v) is 6.68. The molecule has 92 valence electrons. The van der Waals surface area contributed by atoms with Crippen LogP contribution in [0.15, 0.2) is 22.7 Å². The molecule has 1 aliphatic heterocycles. The van der Waals surface area contributed by atoms with Crippen LogP contribution in [0.25, 0.3) is 0 Å². The van der Waals surface area contributed by atoms with E-state index in [-0.39, 0.29) is 11.8 Å². The van der Waals surface area contributed by atoms with Gasteiger partial charge in [-0.1, -0.05) is 17.7 Å². The third kappa shape index (κ3) is 3.21. The zero-order valence-corrected chi connectivity index (χ0v) is 11.6. The number of hydrogen-bond donors (Lipinski definition) is 1. The Balaban J connectivity index is 2.04. The lowest BCUT2D eigenvalue weighted by Gasteiger charge is -2.21. The van der Waals surface area contributed by atoms with E-state index in [1.807, 2.05) is 12.1 Å². The highest BCUT2D eigenvalue weighted by Crippen LogP contribution is 2.30. The zero-order valence-electron chi connectivity index (χ0n) is 9.21. The summed E-state index contributed by atoms with van der Waals surface area (Å²) in [5.74, 6) is -0.0940. The molecule has 1 aliphatic rings. The minimum atomic E-state index is -0.0706. The molecule has 1 amide bonds. The fraction of sp³-hybridized carbons (Fsp3) is 0.417. The van der Waals surface area contributed by atoms with Gasteiger partial charge in [0.1, 0.15) is 0 Å². The average Bonchev–Trinajstić information content (AvgIpc) is 2.36. The molecule has 17 heavy (non-hydrogen) atoms. The second-order valence-corrected chi connectivity index (χ2v) is 5.24. The van der Waals surface area contributed by atoms with Gasteiger partial charge in [0.15, 0.2) is 0 Å². The van der Waals surface area contributed by atoms with E-state index < -0.39 is 0 Å². The number of hydrogen-bond acceptors (Lipinski definition) is 2. The highest BCUT2D eigenvalue weighted by Gasteiger charge is 2.22. The average molecular weight is 319 g/mol. The third-order valence-corrected chi connectivity index (χ3v) is 4.04. The molecule has 3 nitrogen and oxygen atoms in total. The van der Waals surface area contributed by atoms with Crippen LogP contribution in [0.5, 0.6) is 0 Å². The van der Waals surface area contributed by atoms with Crippen LogP contribution < -0.4 is 5.32 Å². The van der Waals surface area contributed by atoms with Crippen molar-refractivity contribution in [2.45, 2.75) is 12.8 Å². The number of ether oxygens (including phenoxy) is 1. The Morgan fingerprint density at radius 3 is 3.06 bits per heavy atom. The van der Waals surface area contributed by atoms with Gasteiger partial charge >= 0.3 is 0 Å². The van der Waals surface area contributed by atoms with Crippen LogP contribution in [0.4, 0.5) is 5.69 Å². The Labute approximate surface area is 114 Å². The van der Waals surface area contributed by atoms with Crippen LogP contribution in [-0.4, -0.2) is 19.1 Å². The highest BCUT2D eigenvalue weighted by molar-refractivity contribution is 9.10. The zero-order chi connectivity index (χ0) is 12.3. The van der Waals surface area contributed by atoms with E-state index in [2.05, 4.69) is 21.2 Å². The number of rotatable bonds is 2. The Morgan fingerprint density at radius 2 is 2.35 bits per heavy atom. The van der Waals surface area contributed by atoms with Crippen LogP contribution in [0.2, 0.25) is 5.02 Å². The fourth-order valence-electron chi connectivity index (χ4n) is 1.78. The van der Waals surface area contributed by atoms with Gasteiger partial charge in [0.2, 0.25) is 5.91 Å². The van der Waals surface area contributed by atoms with Gasteiger partial charge in [-0.2, -0.15) is 0 Å². The van der Waals surface area contributed by atoms with Crippen molar-refractivity contribution in [2.24, 2.45) is 5.92 Å². The smallest absolute Gasteiger partial charge is 0.229 e. The van der Waals surface area contributed by atoms with Crippen molar-refractivity contribution in [3.8, 4) is 0 Å². The maximum Gasteiger partial charge on any atom is 0.229 e. The van der Waals surface area contributed by atoms with Crippen LogP contribution in [-0.2, 0) is 9.53 Å². The van der Waals surface area contributed by atoms with E-state index in [1.54, 1.807) is 6.07 Å². The molecule has 1 N–H and O–H groups in total. The molecule has 1 aromatic carbocycles. The van der Waals surface area contributed by atoms with Gasteiger partial charge < -0.3 is 10.1 Å². The first-order valence-electron chi connectivity index (χ1n) is 5.51. The summed E-state index contributed by atoms with van der Waals surface area (Å²) in [5.41, 5.74) is 0.636. The number of amides is 1. The number of benzene rings is 1. The lowest BCUT2D eigenvalue weighted by molar-refractivity contribution is -0.123. The van der Waals surface area contributed by atoms with Crippen molar-refractivity contribution in [1.82, 2.24) is 0 Å². The summed E-state index contributed by atoms with van der Waals surface area (Å²) >= 11 is 9.41. The molecule has 0 bridgehead atoms. The van der Waals surface area contributed by atoms with E-state index in [0.29, 0.717) is 17.3 Å². The molecular weight excluding hydrogens is 305 g/mol. The Kier molecular flexibility index (Phi) is 4.42. The van der Waals surface area contributed by atoms with Gasteiger partial charge in [0, 0.05) is 11.1 Å². The van der Waals surface area contributed by atoms with E-state index in [9.17, 15) is 4.79 Å². The molecule has 0 aliphatic carbocycles. The van der Waals surface area contributed by atoms with Crippen LogP contribution in [0.3, 0.4) is 0 Å². The summed E-state index contributed by atoms with van der Waals surface area (Å²) in [4.78, 5) is 12.0. The topological polar surface area (TPSA) is 38.3 Å². The van der Waals surface area contributed by atoms with Crippen molar-refractivity contribution in [2.75, 3.05) is 18.5 Å². The van der Waals surface area contributed by atoms with Crippen LogP contribution in [0, 0.1) is 5.92 Å². The van der Waals surface area contributed by atoms with Gasteiger partial charge in [0.05, 0.1) is 23.2 Å². The minimum Gasteiger partial charge on any atom is -0.381 e. The van der Waals surface area contributed by atoms with Crippen LogP contribution in [0.1, 0.15) is 12.8 Å². The maximum atomic E-state index is 12.0. The van der Waals surface area contributed by atoms with Crippen molar-refractivity contribution in [3.63, 3.8) is 0 Å². The van der Waals surface area contributed by atoms with Crippen molar-refractivity contribution in [3.05, 3.63) is 27.7 Å². The number of nitrogens with one attached hydrogen (secondary N) is 1. The lowest BCUT2D eigenvalue weighted by atomic mass is 10.0. The van der Waals surface area contributed by atoms with Crippen molar-refractivity contribution >= 4 is 39.1 Å². The molecule has 1 atom stereocenters. The summed E-state index contributed by atoms with van der Waals surface area (Å²) < 4.78 is 6.07. The van der Waals surface area contributed by atoms with Crippen molar-refractivity contribution < 1.29 is 9.53 Å². The fourth-order valence-corrected chi connectivity index (χ4v) is 2.32. The standard InChI is InChI=1S/C12H13BrClNO2/c13-9-4-1-5-10(11(9)14)15-12(16)8-3-2-6-17-7-8/h1,4-5,8H,2-3,6-7H2,(H,15,16). The molecule has 0 spiro atoms. The molecule has 0 aromatic heterocycles. The van der Waals surface area contributed by atoms with Gasteiger partial charge in [-0.25, -0.2) is 0 Å². The summed E-state index contributed by atoms with van der Waals surface area (Å²) in [6.45, 7) is 1.25. The molecule has 1 heterocycles. The molecule has 1 unspecified atom stereocenters. The molecule has 0 saturated carbocycles. The lowest BCUT2D eigenvalue weighted by Crippen LogP contribution is -2.30. The van der Waals surface area contributed by atoms with Crippen LogP contribution >= 0.6 is 27.5 Å². The van der Waals surface area contributed by atoms with Gasteiger partial charge in [-0.15, -0.1) is 0 Å². The number of carbonyl (C=O) groups is 1. The number of halogens is 2. The molecule has 5 heteroatoms. The number of carbonyl (C=O) groups excluding carboxylic acids is 1. The quantitative estimate of drug-likeness (QED) is 0.907. The first-order chi connectivity index (χ1) is 8.18. The maximum absolute atomic E-state index is 12.0. The second kappa shape index (κ2) is 5.85. The molecule has 1 fully saturated rings. The predicted molar refractivity (Wildman–Crippen MR) is 71.3 cm³/mol. The minimum absolute atomic E-state index is 0.0234. The molecule has 1 saturated heterocycles. The van der Waals surface area contributed by atoms with Gasteiger partial charge in [-0.05, 0) is 40.9 Å². The van der Waals surface area contributed by atoms with Crippen molar-refractivity contribution in [1.29, 1.82) is 0 Å². The Bertz CT molecular complexity index is 419. The number of anilines is 1. The highest BCUT2D eigenvalue weighted by atomic mass is 79.9. The first kappa shape index (κ1) is 12.9. The Hall–Kier alpha value is -0.580. The van der Waals surface area contributed by atoms with E-state index in [0.717, 1.165) is 23.9 Å². The van der Waals surface area contributed by atoms with Gasteiger partial charge in [0.25, 0.3) is 0 Å². The summed E-state index contributed by atoms with van der Waals surface area (Å²) in [7, 11) is 0. The van der Waals surface area contributed by atoms with E-state index in [4.69, 9.17) is 16.3 Å². The van der Waals surface area contributed by atoms with Gasteiger partial charge in [-0.3, -0.25) is 4.79 Å². The molecule has 2 rings (SSSR count). The normalized spacial score (nSPS) is 20.0. The SMILES string of the molecule is O=C(Nc1cccc(Br)c1Cl)C1CCCOC1.